The lowest BCUT2D eigenvalue weighted by Crippen LogP contribution is -1.94. The molecule has 0 amide bonds. The van der Waals surface area contributed by atoms with Gasteiger partial charge in [-0.15, -0.1) is 0 Å². The van der Waals surface area contributed by atoms with Gasteiger partial charge < -0.3 is 0 Å². The van der Waals surface area contributed by atoms with Gasteiger partial charge in [-0.05, 0) is 31.2 Å². The highest BCUT2D eigenvalue weighted by Crippen LogP contribution is 2.16. The molecule has 3 nitrogen and oxygen atoms in total. The molecular formula is C10H10FN3. The summed E-state index contributed by atoms with van der Waals surface area (Å²) in [4.78, 5) is 4.24. The molecule has 1 heterocycles. The van der Waals surface area contributed by atoms with Crippen molar-refractivity contribution < 1.29 is 4.39 Å². The molecule has 0 aliphatic carbocycles. The number of aromatic nitrogens is 3. The smallest absolute Gasteiger partial charge is 0.158 e. The van der Waals surface area contributed by atoms with E-state index in [2.05, 4.69) is 10.1 Å². The second-order valence-electron chi connectivity index (χ2n) is 3.11. The monoisotopic (exact) mass is 191 g/mol. The summed E-state index contributed by atoms with van der Waals surface area (Å²) >= 11 is 0. The van der Waals surface area contributed by atoms with Gasteiger partial charge >= 0.3 is 0 Å². The Bertz CT molecular complexity index is 445. The Labute approximate surface area is 81.2 Å². The van der Waals surface area contributed by atoms with Gasteiger partial charge in [0.25, 0.3) is 0 Å². The highest BCUT2D eigenvalue weighted by Gasteiger charge is 2.05. The minimum absolute atomic E-state index is 0.243. The summed E-state index contributed by atoms with van der Waals surface area (Å²) in [5.74, 6) is 1.22. The molecule has 4 heteroatoms. The minimum atomic E-state index is -0.243. The minimum Gasteiger partial charge on any atom is -0.249 e. The number of aryl methyl sites for hydroxylation is 2. The van der Waals surface area contributed by atoms with Crippen LogP contribution in [-0.2, 0) is 7.05 Å². The van der Waals surface area contributed by atoms with E-state index in [0.29, 0.717) is 5.82 Å². The van der Waals surface area contributed by atoms with Crippen LogP contribution in [-0.4, -0.2) is 14.8 Å². The Morgan fingerprint density at radius 3 is 2.36 bits per heavy atom. The zero-order chi connectivity index (χ0) is 10.1. The van der Waals surface area contributed by atoms with Crippen LogP contribution in [0.5, 0.6) is 0 Å². The normalized spacial score (nSPS) is 10.5. The van der Waals surface area contributed by atoms with Gasteiger partial charge in [0.1, 0.15) is 11.6 Å². The molecule has 2 rings (SSSR count). The summed E-state index contributed by atoms with van der Waals surface area (Å²) in [5, 5.41) is 4.12. The van der Waals surface area contributed by atoms with E-state index in [-0.39, 0.29) is 5.82 Å². The van der Waals surface area contributed by atoms with Crippen LogP contribution >= 0.6 is 0 Å². The molecule has 0 radical (unpaired) electrons. The van der Waals surface area contributed by atoms with Crippen molar-refractivity contribution in [1.29, 1.82) is 0 Å². The van der Waals surface area contributed by atoms with Crippen molar-refractivity contribution in [3.05, 3.63) is 35.9 Å². The van der Waals surface area contributed by atoms with Crippen LogP contribution in [0.3, 0.4) is 0 Å². The van der Waals surface area contributed by atoms with Gasteiger partial charge in [-0.3, -0.25) is 0 Å². The summed E-state index contributed by atoms with van der Waals surface area (Å²) in [6, 6.07) is 6.22. The van der Waals surface area contributed by atoms with Crippen LogP contribution in [0.15, 0.2) is 24.3 Å². The molecule has 0 fully saturated rings. The fraction of sp³-hybridized carbons (Fsp3) is 0.200. The first-order valence-corrected chi connectivity index (χ1v) is 4.30. The van der Waals surface area contributed by atoms with Gasteiger partial charge in [-0.25, -0.2) is 14.1 Å². The maximum absolute atomic E-state index is 12.7. The molecule has 0 bridgehead atoms. The van der Waals surface area contributed by atoms with Gasteiger partial charge in [0.05, 0.1) is 0 Å². The molecule has 1 aromatic carbocycles. The van der Waals surface area contributed by atoms with E-state index in [9.17, 15) is 4.39 Å². The number of hydrogen-bond donors (Lipinski definition) is 0. The van der Waals surface area contributed by atoms with Crippen LogP contribution in [0, 0.1) is 12.7 Å². The van der Waals surface area contributed by atoms with Crippen molar-refractivity contribution in [2.24, 2.45) is 7.05 Å². The second-order valence-corrected chi connectivity index (χ2v) is 3.11. The van der Waals surface area contributed by atoms with Gasteiger partial charge in [-0.2, -0.15) is 5.10 Å². The van der Waals surface area contributed by atoms with Crippen molar-refractivity contribution in [2.45, 2.75) is 6.92 Å². The first-order valence-electron chi connectivity index (χ1n) is 4.30. The van der Waals surface area contributed by atoms with E-state index in [4.69, 9.17) is 0 Å². The Morgan fingerprint density at radius 2 is 1.86 bits per heavy atom. The lowest BCUT2D eigenvalue weighted by atomic mass is 10.2. The van der Waals surface area contributed by atoms with Gasteiger partial charge in [0.2, 0.25) is 0 Å². The number of nitrogens with zero attached hydrogens (tertiary/aromatic N) is 3. The molecule has 14 heavy (non-hydrogen) atoms. The van der Waals surface area contributed by atoms with E-state index >= 15 is 0 Å². The highest BCUT2D eigenvalue weighted by atomic mass is 19.1. The molecule has 1 aromatic heterocycles. The van der Waals surface area contributed by atoms with E-state index in [1.165, 1.54) is 12.1 Å². The lowest BCUT2D eigenvalue weighted by molar-refractivity contribution is 0.628. The average molecular weight is 191 g/mol. The van der Waals surface area contributed by atoms with E-state index in [1.807, 2.05) is 14.0 Å². The zero-order valence-electron chi connectivity index (χ0n) is 8.03. The van der Waals surface area contributed by atoms with E-state index in [1.54, 1.807) is 16.8 Å². The Balaban J connectivity index is 2.49. The fourth-order valence-corrected chi connectivity index (χ4v) is 1.36. The molecule has 0 saturated heterocycles. The van der Waals surface area contributed by atoms with Crippen LogP contribution in [0.4, 0.5) is 4.39 Å². The molecule has 2 aromatic rings. The molecular weight excluding hydrogens is 181 g/mol. The first kappa shape index (κ1) is 8.87. The third-order valence-corrected chi connectivity index (χ3v) is 1.97. The predicted octanol–water partition coefficient (Wildman–Crippen LogP) is 1.93. The third-order valence-electron chi connectivity index (χ3n) is 1.97. The number of halogens is 1. The Hall–Kier alpha value is -1.71. The Morgan fingerprint density at radius 1 is 1.21 bits per heavy atom. The van der Waals surface area contributed by atoms with Gasteiger partial charge in [-0.1, -0.05) is 0 Å². The standard InChI is InChI=1S/C10H10FN3/c1-7-12-10(14(2)13-7)8-3-5-9(11)6-4-8/h3-6H,1-2H3. The lowest BCUT2D eigenvalue weighted by Gasteiger charge is -1.98. The largest absolute Gasteiger partial charge is 0.249 e. The van der Waals surface area contributed by atoms with Crippen LogP contribution in [0.1, 0.15) is 5.82 Å². The quantitative estimate of drug-likeness (QED) is 0.689. The summed E-state index contributed by atoms with van der Waals surface area (Å²) < 4.78 is 14.3. The van der Waals surface area contributed by atoms with Crippen LogP contribution in [0.25, 0.3) is 11.4 Å². The number of hydrogen-bond acceptors (Lipinski definition) is 2. The number of rotatable bonds is 1. The van der Waals surface area contributed by atoms with Crippen molar-refractivity contribution in [3.63, 3.8) is 0 Å². The molecule has 72 valence electrons. The Kier molecular flexibility index (Phi) is 2.04. The second kappa shape index (κ2) is 3.21. The molecule has 0 aliphatic heterocycles. The average Bonchev–Trinajstić information content (AvgIpc) is 2.47. The van der Waals surface area contributed by atoms with Gasteiger partial charge in [0, 0.05) is 12.6 Å². The van der Waals surface area contributed by atoms with Crippen molar-refractivity contribution in [1.82, 2.24) is 14.8 Å². The topological polar surface area (TPSA) is 30.7 Å². The predicted molar refractivity (Wildman–Crippen MR) is 51.1 cm³/mol. The maximum Gasteiger partial charge on any atom is 0.158 e. The molecule has 0 unspecified atom stereocenters. The summed E-state index contributed by atoms with van der Waals surface area (Å²) in [7, 11) is 1.82. The zero-order valence-corrected chi connectivity index (χ0v) is 8.03. The highest BCUT2D eigenvalue weighted by molar-refractivity contribution is 5.54. The maximum atomic E-state index is 12.7. The SMILES string of the molecule is Cc1nc(-c2ccc(F)cc2)n(C)n1. The fourth-order valence-electron chi connectivity index (χ4n) is 1.36. The van der Waals surface area contributed by atoms with E-state index in [0.717, 1.165) is 11.4 Å². The molecule has 0 atom stereocenters. The molecule has 0 aliphatic rings. The third kappa shape index (κ3) is 1.51. The summed E-state index contributed by atoms with van der Waals surface area (Å²) in [5.41, 5.74) is 0.870. The summed E-state index contributed by atoms with van der Waals surface area (Å²) in [6.07, 6.45) is 0. The molecule has 0 spiro atoms. The van der Waals surface area contributed by atoms with Crippen molar-refractivity contribution in [3.8, 4) is 11.4 Å². The van der Waals surface area contributed by atoms with Crippen molar-refractivity contribution >= 4 is 0 Å². The van der Waals surface area contributed by atoms with Crippen LogP contribution < -0.4 is 0 Å². The molecule has 0 N–H and O–H groups in total. The first-order chi connectivity index (χ1) is 6.66. The van der Waals surface area contributed by atoms with E-state index < -0.39 is 0 Å². The van der Waals surface area contributed by atoms with Gasteiger partial charge in [0.15, 0.2) is 5.82 Å². The summed E-state index contributed by atoms with van der Waals surface area (Å²) in [6.45, 7) is 1.83. The van der Waals surface area contributed by atoms with Crippen LogP contribution in [0.2, 0.25) is 0 Å². The number of benzene rings is 1. The molecule has 0 saturated carbocycles. The van der Waals surface area contributed by atoms with Crippen molar-refractivity contribution in [2.75, 3.05) is 0 Å².